The molecule has 0 spiro atoms. The number of nitrogens with zero attached hydrogens (tertiary/aromatic N) is 4. The summed E-state index contributed by atoms with van der Waals surface area (Å²) in [7, 11) is 0. The minimum atomic E-state index is -0.610. The topological polar surface area (TPSA) is 95.7 Å². The van der Waals surface area contributed by atoms with Crippen LogP contribution in [-0.2, 0) is 20.9 Å². The van der Waals surface area contributed by atoms with Crippen molar-refractivity contribution >= 4 is 29.0 Å². The van der Waals surface area contributed by atoms with Gasteiger partial charge < -0.3 is 9.47 Å². The zero-order valence-electron chi connectivity index (χ0n) is 26.8. The van der Waals surface area contributed by atoms with Gasteiger partial charge in [-0.25, -0.2) is 4.79 Å². The molecule has 1 aliphatic rings. The standard InChI is InChI=1S/C37H36N4O4S/c1-22-23(2)46-35-32(22)33(38-30(20-31(42)45-37(4,5)6)34-40-39-24(3)41(34)35)28-16-12-26(13-17-28)27-14-18-29(19-15-27)36(43)44-21-25-10-8-7-9-11-25/h7-19,30H,20-21H2,1-6H3/t30-/m0/s1. The molecule has 0 fully saturated rings. The van der Waals surface area contributed by atoms with Crippen molar-refractivity contribution in [3.05, 3.63) is 123 Å². The number of benzene rings is 3. The second-order valence-corrected chi connectivity index (χ2v) is 13.6. The van der Waals surface area contributed by atoms with E-state index in [0.717, 1.165) is 49.9 Å². The maximum atomic E-state index is 13.0. The highest BCUT2D eigenvalue weighted by molar-refractivity contribution is 7.15. The van der Waals surface area contributed by atoms with Gasteiger partial charge in [-0.05, 0) is 75.9 Å². The molecule has 3 aromatic carbocycles. The molecule has 0 unspecified atom stereocenters. The average Bonchev–Trinajstić information content (AvgIpc) is 3.51. The van der Waals surface area contributed by atoms with Crippen LogP contribution in [0, 0.1) is 20.8 Å². The van der Waals surface area contributed by atoms with E-state index >= 15 is 0 Å². The van der Waals surface area contributed by atoms with Crippen LogP contribution in [0.1, 0.15) is 82.4 Å². The van der Waals surface area contributed by atoms with Crippen molar-refractivity contribution in [2.75, 3.05) is 0 Å². The van der Waals surface area contributed by atoms with Crippen LogP contribution in [0.5, 0.6) is 0 Å². The molecule has 0 bridgehead atoms. The number of aromatic nitrogens is 3. The zero-order valence-corrected chi connectivity index (χ0v) is 27.6. The van der Waals surface area contributed by atoms with Crippen molar-refractivity contribution < 1.29 is 19.1 Å². The minimum Gasteiger partial charge on any atom is -0.460 e. The van der Waals surface area contributed by atoms with Gasteiger partial charge in [0, 0.05) is 16.0 Å². The number of ether oxygens (including phenoxy) is 2. The summed E-state index contributed by atoms with van der Waals surface area (Å²) in [5.41, 5.74) is 6.69. The van der Waals surface area contributed by atoms with E-state index in [9.17, 15) is 9.59 Å². The molecule has 3 heterocycles. The lowest BCUT2D eigenvalue weighted by atomic mass is 9.96. The highest BCUT2D eigenvalue weighted by Gasteiger charge is 2.33. The summed E-state index contributed by atoms with van der Waals surface area (Å²) in [5, 5.41) is 9.85. The Morgan fingerprint density at radius 2 is 1.48 bits per heavy atom. The van der Waals surface area contributed by atoms with Crippen LogP contribution in [0.15, 0.2) is 83.9 Å². The van der Waals surface area contributed by atoms with Crippen molar-refractivity contribution in [1.82, 2.24) is 14.8 Å². The SMILES string of the molecule is Cc1sc2c(c1C)C(c1ccc(-c3ccc(C(=O)OCc4ccccc4)cc3)cc1)=N[C@@H](CC(=O)OC(C)(C)C)c1nnc(C)n1-2. The Kier molecular flexibility index (Phi) is 8.44. The summed E-state index contributed by atoms with van der Waals surface area (Å²) in [5.74, 6) is 0.667. The van der Waals surface area contributed by atoms with Crippen LogP contribution >= 0.6 is 11.3 Å². The molecule has 234 valence electrons. The molecule has 8 nitrogen and oxygen atoms in total. The molecule has 46 heavy (non-hydrogen) atoms. The predicted molar refractivity (Wildman–Crippen MR) is 180 cm³/mol. The molecule has 1 atom stereocenters. The molecule has 6 rings (SSSR count). The molecule has 0 saturated carbocycles. The molecular formula is C37H36N4O4S. The van der Waals surface area contributed by atoms with Gasteiger partial charge >= 0.3 is 11.9 Å². The number of thiophene rings is 1. The number of carbonyl (C=O) groups is 2. The van der Waals surface area contributed by atoms with E-state index in [1.807, 2.05) is 86.9 Å². The maximum absolute atomic E-state index is 13.0. The minimum absolute atomic E-state index is 0.0457. The van der Waals surface area contributed by atoms with Gasteiger partial charge in [0.15, 0.2) is 5.82 Å². The molecule has 0 radical (unpaired) electrons. The molecule has 1 aliphatic heterocycles. The second kappa shape index (κ2) is 12.5. The lowest BCUT2D eigenvalue weighted by molar-refractivity contribution is -0.155. The van der Waals surface area contributed by atoms with Gasteiger partial charge in [-0.2, -0.15) is 0 Å². The summed E-state index contributed by atoms with van der Waals surface area (Å²) < 4.78 is 13.2. The lowest BCUT2D eigenvalue weighted by Gasteiger charge is -2.21. The van der Waals surface area contributed by atoms with Gasteiger partial charge in [0.25, 0.3) is 0 Å². The second-order valence-electron chi connectivity index (χ2n) is 12.4. The van der Waals surface area contributed by atoms with Gasteiger partial charge in [-0.1, -0.05) is 66.7 Å². The number of esters is 2. The fourth-order valence-corrected chi connectivity index (χ4v) is 6.71. The molecule has 0 saturated heterocycles. The van der Waals surface area contributed by atoms with Gasteiger partial charge in [0.1, 0.15) is 29.1 Å². The van der Waals surface area contributed by atoms with E-state index in [1.165, 1.54) is 4.88 Å². The van der Waals surface area contributed by atoms with Crippen molar-refractivity contribution in [2.24, 2.45) is 4.99 Å². The van der Waals surface area contributed by atoms with Crippen LogP contribution in [0.3, 0.4) is 0 Å². The third-order valence-corrected chi connectivity index (χ3v) is 9.04. The van der Waals surface area contributed by atoms with E-state index in [1.54, 1.807) is 23.5 Å². The Bertz CT molecular complexity index is 1930. The van der Waals surface area contributed by atoms with E-state index in [4.69, 9.17) is 14.5 Å². The largest absolute Gasteiger partial charge is 0.460 e. The molecule has 0 amide bonds. The van der Waals surface area contributed by atoms with E-state index in [0.29, 0.717) is 11.4 Å². The number of aryl methyl sites for hydroxylation is 2. The first kappa shape index (κ1) is 31.1. The van der Waals surface area contributed by atoms with E-state index in [2.05, 4.69) is 36.2 Å². The van der Waals surface area contributed by atoms with Crippen molar-refractivity contribution in [3.63, 3.8) is 0 Å². The Hall–Kier alpha value is -4.89. The maximum Gasteiger partial charge on any atom is 0.338 e. The summed E-state index contributed by atoms with van der Waals surface area (Å²) in [6, 6.07) is 24.7. The number of fused-ring (bicyclic) bond motifs is 3. The highest BCUT2D eigenvalue weighted by atomic mass is 32.1. The summed E-state index contributed by atoms with van der Waals surface area (Å²) in [6.07, 6.45) is 0.0457. The van der Waals surface area contributed by atoms with Gasteiger partial charge in [-0.3, -0.25) is 14.4 Å². The van der Waals surface area contributed by atoms with Gasteiger partial charge in [0.05, 0.1) is 17.7 Å². The normalized spacial score (nSPS) is 14.1. The van der Waals surface area contributed by atoms with Crippen LogP contribution in [0.25, 0.3) is 16.1 Å². The van der Waals surface area contributed by atoms with Crippen LogP contribution < -0.4 is 0 Å². The zero-order chi connectivity index (χ0) is 32.6. The Morgan fingerprint density at radius 1 is 0.848 bits per heavy atom. The predicted octanol–water partition coefficient (Wildman–Crippen LogP) is 7.90. The summed E-state index contributed by atoms with van der Waals surface area (Å²) in [6.45, 7) is 11.9. The van der Waals surface area contributed by atoms with Crippen molar-refractivity contribution in [1.29, 1.82) is 0 Å². The number of hydrogen-bond acceptors (Lipinski definition) is 8. The number of hydrogen-bond donors (Lipinski definition) is 0. The lowest BCUT2D eigenvalue weighted by Crippen LogP contribution is -2.25. The van der Waals surface area contributed by atoms with Crippen LogP contribution in [0.4, 0.5) is 0 Å². The third-order valence-electron chi connectivity index (χ3n) is 7.84. The summed E-state index contributed by atoms with van der Waals surface area (Å²) in [4.78, 5) is 32.0. The van der Waals surface area contributed by atoms with Crippen LogP contribution in [0.2, 0.25) is 0 Å². The fraction of sp³-hybridized carbons (Fsp3) is 0.270. The first-order valence-electron chi connectivity index (χ1n) is 15.2. The molecule has 9 heteroatoms. The van der Waals surface area contributed by atoms with Gasteiger partial charge in [-0.15, -0.1) is 21.5 Å². The average molecular weight is 633 g/mol. The van der Waals surface area contributed by atoms with Gasteiger partial charge in [0.2, 0.25) is 0 Å². The van der Waals surface area contributed by atoms with Crippen LogP contribution in [-0.4, -0.2) is 38.0 Å². The third kappa shape index (κ3) is 6.41. The number of rotatable bonds is 7. The summed E-state index contributed by atoms with van der Waals surface area (Å²) >= 11 is 1.67. The first-order valence-corrected chi connectivity index (χ1v) is 16.0. The number of aliphatic imine (C=N–C) groups is 1. The molecule has 0 aliphatic carbocycles. The fourth-order valence-electron chi connectivity index (χ4n) is 5.49. The van der Waals surface area contributed by atoms with E-state index < -0.39 is 11.6 Å². The van der Waals surface area contributed by atoms with Crippen molar-refractivity contribution in [2.45, 2.75) is 66.2 Å². The number of carbonyl (C=O) groups excluding carboxylic acids is 2. The Morgan fingerprint density at radius 3 is 2.13 bits per heavy atom. The Balaban J connectivity index is 1.30. The highest BCUT2D eigenvalue weighted by Crippen LogP contribution is 2.40. The quantitative estimate of drug-likeness (QED) is 0.169. The molecule has 5 aromatic rings. The monoisotopic (exact) mass is 632 g/mol. The smallest absolute Gasteiger partial charge is 0.338 e. The molecule has 0 N–H and O–H groups in total. The molecule has 2 aromatic heterocycles. The first-order chi connectivity index (χ1) is 22.0. The molecular weight excluding hydrogens is 596 g/mol. The van der Waals surface area contributed by atoms with E-state index in [-0.39, 0.29) is 25.0 Å². The Labute approximate surface area is 272 Å². The van der Waals surface area contributed by atoms with Crippen molar-refractivity contribution in [3.8, 4) is 16.1 Å².